The van der Waals surface area contributed by atoms with Crippen molar-refractivity contribution >= 4 is 82.8 Å². The van der Waals surface area contributed by atoms with E-state index in [0.717, 1.165) is 39.0 Å². The zero-order valence-corrected chi connectivity index (χ0v) is 66.5. The number of nitrogens with two attached hydrogens (primary N) is 2. The van der Waals surface area contributed by atoms with Crippen molar-refractivity contribution in [3.8, 4) is 5.75 Å². The normalized spacial score (nSPS) is 27.0. The zero-order chi connectivity index (χ0) is 81.4. The molecule has 18 unspecified atom stereocenters. The van der Waals surface area contributed by atoms with Gasteiger partial charge in [-0.15, -0.1) is 6.61 Å². The maximum Gasteiger partial charge on any atom is 0.297 e. The Kier molecular flexibility index (Phi) is 43.7. The van der Waals surface area contributed by atoms with Gasteiger partial charge in [0.25, 0.3) is 5.97 Å². The number of primary amides is 1. The number of unbranched alkanes of at least 4 members (excludes halogenated alkanes) is 9. The number of fused-ring (bicyclic) bond motifs is 2. The summed E-state index contributed by atoms with van der Waals surface area (Å²) in [5.74, 6) is -17.5. The Morgan fingerprint density at radius 3 is 1.68 bits per heavy atom. The van der Waals surface area contributed by atoms with Crippen molar-refractivity contribution in [2.45, 2.75) is 281 Å². The van der Waals surface area contributed by atoms with E-state index >= 15 is 0 Å². The zero-order valence-electron chi connectivity index (χ0n) is 63.7. The number of nitrogens with one attached hydrogen (secondary N) is 10. The van der Waals surface area contributed by atoms with Gasteiger partial charge in [-0.3, -0.25) is 67.1 Å². The fraction of sp³-hybridized carbons (Fsp3) is 0.690. The van der Waals surface area contributed by atoms with E-state index in [1.54, 1.807) is 6.92 Å². The summed E-state index contributed by atoms with van der Waals surface area (Å²) in [6.07, 6.45) is -1.57. The van der Waals surface area contributed by atoms with E-state index in [1.165, 1.54) is 96.8 Å². The predicted octanol–water partition coefficient (Wildman–Crippen LogP) is -5.33. The number of rotatable bonds is 22. The number of carbonyl (C=O) groups excluding carboxylic acids is 14. The number of ether oxygens (including phenoxy) is 1. The van der Waals surface area contributed by atoms with Gasteiger partial charge in [0, 0.05) is 58.6 Å². The molecule has 3 fully saturated rings. The summed E-state index contributed by atoms with van der Waals surface area (Å²) in [4.78, 5) is 194. The number of carbonyl (C=O) groups is 14. The van der Waals surface area contributed by atoms with Crippen LogP contribution >= 0.6 is 0 Å². The molecule has 4 rings (SSSR count). The third kappa shape index (κ3) is 32.0. The van der Waals surface area contributed by atoms with Gasteiger partial charge < -0.3 is 127 Å². The van der Waals surface area contributed by atoms with Crippen LogP contribution in [0.2, 0.25) is 0 Å². The molecule has 0 saturated carbocycles. The standard InChI is InChI=1S/C59H91N14O23.C12H25.Y/c1-24(2)42-57(93)73-23-32(78)20-35(73)51(87)69-45(29(7)76)55(91)70-46(30(8)77)58(94)72-16-13-37(80)48(72)56(92)71-47(38(81)21-39(61)82)52(88)62-22-41(84)67-44(28(6)75)54(90)64-33(10-9-15-60)59(95)96-17-14-40(83)66-43(27(5)74)53(89)63-26(4)49(85)65-34(50(86)68-42)19-31-11-12-36(79)25(3)18-31;1-3-5-7-9-11-12-10-8-6-4-2;/h11-12,17-18,24,26-30,32-35,37-38,42-48,74-81H,9-10,13-16,19-23,60H2,1-8H3,(H2,61,82)(H,62,88)(H,63,89)(H,64,90)(H,65,85)(H,66,83)(H,67,84)(H,68,86)(H,69,87)(H,70,91)(H,71,92);1,3-12H2,2H3;/q2*-1;. The molecule has 0 spiro atoms. The van der Waals surface area contributed by atoms with Crippen LogP contribution in [0.5, 0.6) is 5.75 Å². The van der Waals surface area contributed by atoms with E-state index in [2.05, 4.69) is 67.0 Å². The molecule has 1 aromatic rings. The van der Waals surface area contributed by atoms with Crippen molar-refractivity contribution in [2.24, 2.45) is 17.4 Å². The third-order valence-corrected chi connectivity index (χ3v) is 18.3. The Labute approximate surface area is 660 Å². The number of benzene rings is 1. The van der Waals surface area contributed by atoms with Crippen molar-refractivity contribution in [1.82, 2.24) is 63.0 Å². The number of nitrogens with zero attached hydrogens (tertiary/aromatic N) is 2. The number of hydrogen-bond acceptors (Lipinski definition) is 24. The molecule has 22 N–H and O–H groups in total. The number of esters is 1. The average Bonchev–Trinajstić information content (AvgIpc) is 1.71. The summed E-state index contributed by atoms with van der Waals surface area (Å²) in [5.41, 5.74) is 11.7. The quantitative estimate of drug-likeness (QED) is 0.0293. The number of amides is 13. The van der Waals surface area contributed by atoms with Gasteiger partial charge in [0.15, 0.2) is 5.91 Å². The first-order valence-corrected chi connectivity index (χ1v) is 36.7. The molecule has 613 valence electrons. The first-order chi connectivity index (χ1) is 50.8. The smallest absolute Gasteiger partial charge is 0.297 e. The fourth-order valence-corrected chi connectivity index (χ4v) is 12.1. The summed E-state index contributed by atoms with van der Waals surface area (Å²) in [6, 6.07) is -15.5. The third-order valence-electron chi connectivity index (χ3n) is 18.3. The maximum atomic E-state index is 14.7. The molecule has 13 amide bonds. The Morgan fingerprint density at radius 2 is 1.13 bits per heavy atom. The number of aryl methyl sites for hydroxylation is 1. The molecule has 37 nitrogen and oxygen atoms in total. The first-order valence-electron chi connectivity index (χ1n) is 36.7. The van der Waals surface area contributed by atoms with Crippen molar-refractivity contribution in [2.75, 3.05) is 26.2 Å². The summed E-state index contributed by atoms with van der Waals surface area (Å²) in [6.45, 7) is 14.7. The van der Waals surface area contributed by atoms with Crippen molar-refractivity contribution in [3.05, 3.63) is 42.9 Å². The SMILES string of the molecule is Cc1cc(CC2NC(=O)C(C)NC(=O)C(C(C)O)NC(=O)C[CH-]OC(=O)C(CCCN)NC(=O)C(C(C)O)NC(=O)CNC(=O)C(C(O)CC(N)=O)NC(=O)C3C(O)CCN3C(=O)C(C(C)O)NC(=O)C(C(C)O)NC(=O)C3CC(O)CN3C(=O)C(C(C)C)NC2=O)ccc1O.[CH2-]CCCCCCCCCCC.[Y]. The van der Waals surface area contributed by atoms with Gasteiger partial charge in [-0.05, 0) is 90.5 Å². The molecule has 0 aromatic heterocycles. The maximum absolute atomic E-state index is 14.7. The molecular formula is C71H116N14O23Y-2. The molecule has 0 bridgehead atoms. The number of phenols is 1. The predicted molar refractivity (Wildman–Crippen MR) is 387 cm³/mol. The van der Waals surface area contributed by atoms with Gasteiger partial charge in [0.05, 0.1) is 55.7 Å². The summed E-state index contributed by atoms with van der Waals surface area (Å²) in [7, 11) is 0. The van der Waals surface area contributed by atoms with Gasteiger partial charge >= 0.3 is 0 Å². The molecule has 1 aromatic carbocycles. The van der Waals surface area contributed by atoms with Crippen LogP contribution < -0.4 is 64.6 Å². The van der Waals surface area contributed by atoms with E-state index < -0.39 is 237 Å². The molecule has 3 aliphatic rings. The summed E-state index contributed by atoms with van der Waals surface area (Å²) < 4.78 is 5.13. The molecule has 3 heterocycles. The van der Waals surface area contributed by atoms with E-state index in [4.69, 9.17) is 16.2 Å². The Balaban J connectivity index is 0.00000283. The van der Waals surface area contributed by atoms with E-state index in [-0.39, 0.29) is 70.7 Å². The first kappa shape index (κ1) is 97.5. The molecule has 3 aliphatic heterocycles. The molecule has 18 atom stereocenters. The van der Waals surface area contributed by atoms with Crippen molar-refractivity contribution < 1.29 is 145 Å². The largest absolute Gasteiger partial charge is 0.635 e. The minimum absolute atomic E-state index is 0. The molecule has 109 heavy (non-hydrogen) atoms. The van der Waals surface area contributed by atoms with Gasteiger partial charge in [-0.1, -0.05) is 97.1 Å². The number of hydrogen-bond donors (Lipinski definition) is 20. The number of cyclic esters (lactones) is 1. The summed E-state index contributed by atoms with van der Waals surface area (Å²) >= 11 is 0. The van der Waals surface area contributed by atoms with Gasteiger partial charge in [-0.2, -0.15) is 6.42 Å². The minimum atomic E-state index is -2.22. The van der Waals surface area contributed by atoms with Crippen LogP contribution in [-0.4, -0.2) is 269 Å². The van der Waals surface area contributed by atoms with Crippen molar-refractivity contribution in [3.63, 3.8) is 0 Å². The molecule has 38 heteroatoms. The van der Waals surface area contributed by atoms with Crippen LogP contribution in [-0.2, 0) is 111 Å². The molecule has 3 saturated heterocycles. The second-order valence-electron chi connectivity index (χ2n) is 28.0. The van der Waals surface area contributed by atoms with Gasteiger partial charge in [0.2, 0.25) is 70.9 Å². The van der Waals surface area contributed by atoms with Crippen LogP contribution in [0, 0.1) is 26.4 Å². The van der Waals surface area contributed by atoms with E-state index in [0.29, 0.717) is 22.6 Å². The fourth-order valence-electron chi connectivity index (χ4n) is 12.1. The van der Waals surface area contributed by atoms with Crippen LogP contribution in [0.1, 0.15) is 169 Å². The Hall–Kier alpha value is -7.62. The van der Waals surface area contributed by atoms with Crippen LogP contribution in [0.15, 0.2) is 18.2 Å². The molecule has 0 aliphatic carbocycles. The number of aliphatic hydroxyl groups excluding tert-OH is 7. The van der Waals surface area contributed by atoms with E-state index in [1.807, 2.05) is 0 Å². The average molecular weight is 1620 g/mol. The summed E-state index contributed by atoms with van der Waals surface area (Å²) in [5, 5.41) is 109. The van der Waals surface area contributed by atoms with Gasteiger partial charge in [-0.25, -0.2) is 0 Å². The number of aliphatic hydroxyl groups is 7. The Bertz CT molecular complexity index is 3190. The molecule has 1 radical (unpaired) electrons. The van der Waals surface area contributed by atoms with Crippen molar-refractivity contribution in [1.29, 1.82) is 0 Å². The van der Waals surface area contributed by atoms with Crippen LogP contribution in [0.3, 0.4) is 0 Å². The topological polar surface area (TPSA) is 589 Å². The number of aromatic hydroxyl groups is 1. The van der Waals surface area contributed by atoms with E-state index in [9.17, 15) is 108 Å². The second kappa shape index (κ2) is 48.9. The van der Waals surface area contributed by atoms with Crippen LogP contribution in [0.25, 0.3) is 0 Å². The van der Waals surface area contributed by atoms with Crippen LogP contribution in [0.4, 0.5) is 0 Å². The number of phenolic OH excluding ortho intramolecular Hbond substituents is 1. The Morgan fingerprint density at radius 1 is 0.615 bits per heavy atom. The minimum Gasteiger partial charge on any atom is -0.635 e. The molecular weight excluding hydrogens is 1510 g/mol. The second-order valence-corrected chi connectivity index (χ2v) is 28.0. The van der Waals surface area contributed by atoms with Gasteiger partial charge in [0.1, 0.15) is 72.2 Å². The monoisotopic (exact) mass is 1620 g/mol.